The molecule has 3 aromatic rings. The van der Waals surface area contributed by atoms with Crippen molar-refractivity contribution in [3.63, 3.8) is 0 Å². The van der Waals surface area contributed by atoms with Gasteiger partial charge in [-0.05, 0) is 46.5 Å². The van der Waals surface area contributed by atoms with Crippen molar-refractivity contribution in [3.8, 4) is 11.1 Å². The first-order valence-corrected chi connectivity index (χ1v) is 8.80. The number of hydrogen-bond acceptors (Lipinski definition) is 2. The Balaban J connectivity index is 1.66. The van der Waals surface area contributed by atoms with E-state index in [1.54, 1.807) is 0 Å². The molecule has 5 rings (SSSR count). The second kappa shape index (κ2) is 5.06. The lowest BCUT2D eigenvalue weighted by molar-refractivity contribution is 0.660. The molecule has 0 fully saturated rings. The second-order valence-electron chi connectivity index (χ2n) is 7.31. The van der Waals surface area contributed by atoms with Gasteiger partial charge in [-0.15, -0.1) is 0 Å². The highest BCUT2D eigenvalue weighted by Gasteiger charge is 2.35. The minimum Gasteiger partial charge on any atom is -0.334 e. The molecule has 2 aliphatic rings. The van der Waals surface area contributed by atoms with Crippen molar-refractivity contribution < 1.29 is 0 Å². The predicted octanol–water partition coefficient (Wildman–Crippen LogP) is 5.85. The van der Waals surface area contributed by atoms with E-state index in [9.17, 15) is 0 Å². The average Bonchev–Trinajstić information content (AvgIpc) is 2.89. The molecule has 0 aromatic heterocycles. The zero-order chi connectivity index (χ0) is 17.0. The largest absolute Gasteiger partial charge is 0.334 e. The maximum absolute atomic E-state index is 4.54. The Morgan fingerprint density at radius 3 is 2.52 bits per heavy atom. The van der Waals surface area contributed by atoms with Crippen LogP contribution in [0.4, 0.5) is 17.1 Å². The molecular weight excluding hydrogens is 304 g/mol. The van der Waals surface area contributed by atoms with Crippen molar-refractivity contribution in [1.29, 1.82) is 0 Å². The Morgan fingerprint density at radius 1 is 0.840 bits per heavy atom. The van der Waals surface area contributed by atoms with Crippen molar-refractivity contribution in [3.05, 3.63) is 77.9 Å². The number of para-hydroxylation sites is 2. The summed E-state index contributed by atoms with van der Waals surface area (Å²) in [5, 5.41) is 0. The summed E-state index contributed by atoms with van der Waals surface area (Å²) in [7, 11) is 0. The van der Waals surface area contributed by atoms with Crippen LogP contribution in [0, 0.1) is 0 Å². The second-order valence-corrected chi connectivity index (χ2v) is 7.31. The van der Waals surface area contributed by atoms with Crippen LogP contribution in [0.15, 0.2) is 71.7 Å². The van der Waals surface area contributed by atoms with Crippen molar-refractivity contribution in [2.75, 3.05) is 11.4 Å². The number of hydrogen-bond donors (Lipinski definition) is 0. The lowest BCUT2D eigenvalue weighted by Crippen LogP contribution is -2.23. The molecule has 2 heteroatoms. The first kappa shape index (κ1) is 14.5. The minimum absolute atomic E-state index is 0.0331. The number of aliphatic imine (C=N–C) groups is 1. The van der Waals surface area contributed by atoms with Crippen LogP contribution in [0.5, 0.6) is 0 Å². The average molecular weight is 324 g/mol. The van der Waals surface area contributed by atoms with Gasteiger partial charge in [0, 0.05) is 17.3 Å². The summed E-state index contributed by atoms with van der Waals surface area (Å²) < 4.78 is 0. The van der Waals surface area contributed by atoms with Gasteiger partial charge < -0.3 is 4.90 Å². The molecule has 0 spiro atoms. The molecule has 3 aromatic carbocycles. The number of rotatable bonds is 1. The van der Waals surface area contributed by atoms with Crippen molar-refractivity contribution in [2.45, 2.75) is 19.3 Å². The maximum atomic E-state index is 4.54. The quantitative estimate of drug-likeness (QED) is 0.548. The molecule has 25 heavy (non-hydrogen) atoms. The van der Waals surface area contributed by atoms with E-state index in [1.807, 2.05) is 12.3 Å². The van der Waals surface area contributed by atoms with Gasteiger partial charge in [0.15, 0.2) is 0 Å². The van der Waals surface area contributed by atoms with E-state index < -0.39 is 0 Å². The maximum Gasteiger partial charge on any atom is 0.0863 e. The van der Waals surface area contributed by atoms with Crippen LogP contribution in [-0.2, 0) is 5.41 Å². The zero-order valence-electron chi connectivity index (χ0n) is 14.5. The molecule has 0 saturated heterocycles. The van der Waals surface area contributed by atoms with E-state index in [4.69, 9.17) is 0 Å². The van der Waals surface area contributed by atoms with Crippen LogP contribution in [0.3, 0.4) is 0 Å². The molecule has 122 valence electrons. The lowest BCUT2D eigenvalue weighted by atomic mass is 9.82. The molecule has 2 nitrogen and oxygen atoms in total. The van der Waals surface area contributed by atoms with Gasteiger partial charge in [0.25, 0.3) is 0 Å². The van der Waals surface area contributed by atoms with Gasteiger partial charge in [0.05, 0.1) is 17.9 Å². The van der Waals surface area contributed by atoms with E-state index in [0.29, 0.717) is 0 Å². The monoisotopic (exact) mass is 324 g/mol. The molecule has 1 heterocycles. The van der Waals surface area contributed by atoms with Gasteiger partial charge in [0.1, 0.15) is 0 Å². The summed E-state index contributed by atoms with van der Waals surface area (Å²) in [5.41, 5.74) is 9.05. The SMILES string of the molecule is CC1(C)c2ccccc2-c2ccc(N3CC=Nc4ccccc43)cc21. The van der Waals surface area contributed by atoms with E-state index in [1.165, 1.54) is 33.6 Å². The highest BCUT2D eigenvalue weighted by molar-refractivity contribution is 5.88. The molecule has 0 radical (unpaired) electrons. The summed E-state index contributed by atoms with van der Waals surface area (Å²) in [4.78, 5) is 6.88. The van der Waals surface area contributed by atoms with Crippen molar-refractivity contribution >= 4 is 23.3 Å². The van der Waals surface area contributed by atoms with Crippen LogP contribution in [0.1, 0.15) is 25.0 Å². The van der Waals surface area contributed by atoms with Crippen LogP contribution in [0.2, 0.25) is 0 Å². The standard InChI is InChI=1S/C23H20N2/c1-23(2)19-8-4-3-7-17(19)18-12-11-16(15-20(18)23)25-14-13-24-21-9-5-6-10-22(21)25/h3-13,15H,14H2,1-2H3. The Bertz CT molecular complexity index is 1010. The van der Waals surface area contributed by atoms with Crippen molar-refractivity contribution in [2.24, 2.45) is 4.99 Å². The molecular formula is C23H20N2. The van der Waals surface area contributed by atoms with E-state index >= 15 is 0 Å². The molecule has 0 saturated carbocycles. The molecule has 1 aliphatic carbocycles. The Kier molecular flexibility index (Phi) is 2.93. The summed E-state index contributed by atoms with van der Waals surface area (Å²) in [6.07, 6.45) is 2.00. The Hall–Kier alpha value is -2.87. The van der Waals surface area contributed by atoms with E-state index in [2.05, 4.69) is 84.4 Å². The summed E-state index contributed by atoms with van der Waals surface area (Å²) in [5.74, 6) is 0. The van der Waals surface area contributed by atoms with Gasteiger partial charge in [-0.3, -0.25) is 4.99 Å². The number of benzene rings is 3. The number of anilines is 2. The first-order valence-electron chi connectivity index (χ1n) is 8.80. The highest BCUT2D eigenvalue weighted by atomic mass is 15.2. The van der Waals surface area contributed by atoms with Gasteiger partial charge in [-0.25, -0.2) is 0 Å². The first-order chi connectivity index (χ1) is 12.2. The third-order valence-corrected chi connectivity index (χ3v) is 5.55. The summed E-state index contributed by atoms with van der Waals surface area (Å²) in [6.45, 7) is 5.46. The van der Waals surface area contributed by atoms with E-state index in [-0.39, 0.29) is 5.41 Å². The van der Waals surface area contributed by atoms with Crippen molar-refractivity contribution in [1.82, 2.24) is 0 Å². The minimum atomic E-state index is 0.0331. The molecule has 0 unspecified atom stereocenters. The fraction of sp³-hybridized carbons (Fsp3) is 0.174. The van der Waals surface area contributed by atoms with E-state index in [0.717, 1.165) is 12.2 Å². The zero-order valence-corrected chi connectivity index (χ0v) is 14.5. The molecule has 0 amide bonds. The third kappa shape index (κ3) is 2.00. The van der Waals surface area contributed by atoms with Gasteiger partial charge in [0.2, 0.25) is 0 Å². The van der Waals surface area contributed by atoms with Crippen LogP contribution in [-0.4, -0.2) is 12.8 Å². The smallest absolute Gasteiger partial charge is 0.0863 e. The molecule has 0 bridgehead atoms. The van der Waals surface area contributed by atoms with Gasteiger partial charge in [-0.1, -0.05) is 56.3 Å². The number of nitrogens with zero attached hydrogens (tertiary/aromatic N) is 2. The summed E-state index contributed by atoms with van der Waals surface area (Å²) in [6, 6.07) is 24.0. The van der Waals surface area contributed by atoms with Crippen LogP contribution < -0.4 is 4.90 Å². The highest BCUT2D eigenvalue weighted by Crippen LogP contribution is 2.50. The van der Waals surface area contributed by atoms with Crippen LogP contribution in [0.25, 0.3) is 11.1 Å². The Morgan fingerprint density at radius 2 is 1.60 bits per heavy atom. The number of fused-ring (bicyclic) bond motifs is 4. The van der Waals surface area contributed by atoms with Gasteiger partial charge in [-0.2, -0.15) is 0 Å². The van der Waals surface area contributed by atoms with Crippen LogP contribution >= 0.6 is 0 Å². The van der Waals surface area contributed by atoms with Gasteiger partial charge >= 0.3 is 0 Å². The third-order valence-electron chi connectivity index (χ3n) is 5.55. The lowest BCUT2D eigenvalue weighted by Gasteiger charge is -2.29. The molecule has 0 N–H and O–H groups in total. The topological polar surface area (TPSA) is 15.6 Å². The fourth-order valence-electron chi connectivity index (χ4n) is 4.23. The Labute approximate surface area is 148 Å². The fourth-order valence-corrected chi connectivity index (χ4v) is 4.23. The normalized spacial score (nSPS) is 16.3. The molecule has 1 aliphatic heterocycles. The summed E-state index contributed by atoms with van der Waals surface area (Å²) >= 11 is 0. The predicted molar refractivity (Wildman–Crippen MR) is 106 cm³/mol. The molecule has 0 atom stereocenters.